The highest BCUT2D eigenvalue weighted by Crippen LogP contribution is 2.45. The van der Waals surface area contributed by atoms with E-state index in [1.165, 1.54) is 161 Å². The van der Waals surface area contributed by atoms with Crippen molar-refractivity contribution in [1.29, 1.82) is 0 Å². The van der Waals surface area contributed by atoms with Gasteiger partial charge in [0, 0.05) is 25.7 Å². The molecular formula is C77H146O17P2. The molecule has 0 aliphatic rings. The quantitative estimate of drug-likeness (QED) is 0.0169. The van der Waals surface area contributed by atoms with Crippen LogP contribution in [0.5, 0.6) is 0 Å². The molecular weight excluding hydrogens is 1260 g/mol. The lowest BCUT2D eigenvalue weighted by Gasteiger charge is -2.21. The molecule has 3 unspecified atom stereocenters. The van der Waals surface area contributed by atoms with Crippen LogP contribution in [0.1, 0.15) is 370 Å². The van der Waals surface area contributed by atoms with Gasteiger partial charge in [-0.05, 0) is 69.1 Å². The van der Waals surface area contributed by atoms with Gasteiger partial charge in [0.2, 0.25) is 0 Å². The number of phosphoric acid groups is 2. The number of esters is 4. The molecule has 0 amide bonds. The summed E-state index contributed by atoms with van der Waals surface area (Å²) in [7, 11) is -9.93. The highest BCUT2D eigenvalue weighted by atomic mass is 31.2. The lowest BCUT2D eigenvalue weighted by atomic mass is 10.0. The Kier molecular flexibility index (Phi) is 65.3. The van der Waals surface area contributed by atoms with Crippen molar-refractivity contribution in [3.8, 4) is 0 Å². The summed E-state index contributed by atoms with van der Waals surface area (Å²) in [6, 6.07) is 0. The van der Waals surface area contributed by atoms with Crippen LogP contribution in [-0.4, -0.2) is 96.7 Å². The number of aliphatic hydroxyl groups excluding tert-OH is 1. The molecule has 0 rings (SSSR count). The van der Waals surface area contributed by atoms with Crippen LogP contribution in [0, 0.1) is 17.8 Å². The first-order valence-electron chi connectivity index (χ1n) is 39.2. The van der Waals surface area contributed by atoms with Crippen LogP contribution in [0.15, 0.2) is 24.3 Å². The van der Waals surface area contributed by atoms with Crippen molar-refractivity contribution in [3.05, 3.63) is 24.3 Å². The third-order valence-electron chi connectivity index (χ3n) is 17.3. The summed E-state index contributed by atoms with van der Waals surface area (Å²) in [6.07, 6.45) is 56.4. The number of unbranched alkanes of at least 4 members (excludes halogenated alkanes) is 38. The van der Waals surface area contributed by atoms with E-state index in [1.807, 2.05) is 0 Å². The molecule has 0 aromatic carbocycles. The summed E-state index contributed by atoms with van der Waals surface area (Å²) in [4.78, 5) is 72.8. The smallest absolute Gasteiger partial charge is 0.462 e. The fraction of sp³-hybridized carbons (Fsp3) is 0.896. The highest BCUT2D eigenvalue weighted by Gasteiger charge is 2.30. The number of carbonyl (C=O) groups excluding carboxylic acids is 4. The Morgan fingerprint density at radius 2 is 0.562 bits per heavy atom. The number of hydrogen-bond acceptors (Lipinski definition) is 15. The Bertz CT molecular complexity index is 1960. The summed E-state index contributed by atoms with van der Waals surface area (Å²) in [5.41, 5.74) is 0. The number of rotatable bonds is 73. The van der Waals surface area contributed by atoms with Crippen LogP contribution in [0.3, 0.4) is 0 Å². The van der Waals surface area contributed by atoms with E-state index < -0.39 is 97.5 Å². The first-order valence-corrected chi connectivity index (χ1v) is 42.2. The number of ether oxygens (including phenoxy) is 4. The average Bonchev–Trinajstić information content (AvgIpc) is 2.98. The predicted octanol–water partition coefficient (Wildman–Crippen LogP) is 22.1. The molecule has 0 saturated carbocycles. The maximum absolute atomic E-state index is 13.1. The second-order valence-corrected chi connectivity index (χ2v) is 31.4. The Balaban J connectivity index is 5.28. The summed E-state index contributed by atoms with van der Waals surface area (Å²) >= 11 is 0. The van der Waals surface area contributed by atoms with E-state index in [2.05, 4.69) is 72.8 Å². The van der Waals surface area contributed by atoms with Gasteiger partial charge in [0.15, 0.2) is 12.2 Å². The molecule has 3 N–H and O–H groups in total. The van der Waals surface area contributed by atoms with Crippen molar-refractivity contribution >= 4 is 39.5 Å². The van der Waals surface area contributed by atoms with Gasteiger partial charge in [-0.3, -0.25) is 37.3 Å². The van der Waals surface area contributed by atoms with E-state index >= 15 is 0 Å². The van der Waals surface area contributed by atoms with Gasteiger partial charge in [-0.15, -0.1) is 0 Å². The largest absolute Gasteiger partial charge is 0.472 e. The lowest BCUT2D eigenvalue weighted by Crippen LogP contribution is -2.30. The molecule has 0 aromatic heterocycles. The maximum Gasteiger partial charge on any atom is 0.472 e. The van der Waals surface area contributed by atoms with Gasteiger partial charge in [0.25, 0.3) is 0 Å². The van der Waals surface area contributed by atoms with Gasteiger partial charge in [0.1, 0.15) is 19.3 Å². The molecule has 0 bridgehead atoms. The Morgan fingerprint density at radius 1 is 0.323 bits per heavy atom. The van der Waals surface area contributed by atoms with E-state index in [0.717, 1.165) is 121 Å². The molecule has 19 heteroatoms. The van der Waals surface area contributed by atoms with Crippen LogP contribution in [0.4, 0.5) is 0 Å². The average molecular weight is 1410 g/mol. The van der Waals surface area contributed by atoms with Crippen LogP contribution in [0.2, 0.25) is 0 Å². The van der Waals surface area contributed by atoms with Gasteiger partial charge >= 0.3 is 39.5 Å². The number of aliphatic hydroxyl groups is 1. The van der Waals surface area contributed by atoms with E-state index in [9.17, 15) is 43.2 Å². The Labute approximate surface area is 586 Å². The monoisotopic (exact) mass is 1410 g/mol. The molecule has 0 aliphatic carbocycles. The summed E-state index contributed by atoms with van der Waals surface area (Å²) < 4.78 is 68.5. The number of phosphoric ester groups is 2. The topological polar surface area (TPSA) is 237 Å². The van der Waals surface area contributed by atoms with Gasteiger partial charge in [0.05, 0.1) is 26.4 Å². The normalized spacial score (nSPS) is 14.2. The van der Waals surface area contributed by atoms with Crippen molar-refractivity contribution in [1.82, 2.24) is 0 Å². The second kappa shape index (κ2) is 67.1. The molecule has 96 heavy (non-hydrogen) atoms. The van der Waals surface area contributed by atoms with E-state index in [0.29, 0.717) is 31.6 Å². The van der Waals surface area contributed by atoms with Gasteiger partial charge in [-0.25, -0.2) is 9.13 Å². The molecule has 0 radical (unpaired) electrons. The predicted molar refractivity (Wildman–Crippen MR) is 390 cm³/mol. The first-order chi connectivity index (χ1) is 46.2. The zero-order valence-corrected chi connectivity index (χ0v) is 64.1. The minimum Gasteiger partial charge on any atom is -0.462 e. The summed E-state index contributed by atoms with van der Waals surface area (Å²) in [5, 5.41) is 10.6. The van der Waals surface area contributed by atoms with Crippen LogP contribution in [0.25, 0.3) is 0 Å². The minimum absolute atomic E-state index is 0.0840. The molecule has 0 fully saturated rings. The van der Waals surface area contributed by atoms with E-state index in [-0.39, 0.29) is 25.7 Å². The molecule has 0 heterocycles. The molecule has 0 spiro atoms. The van der Waals surface area contributed by atoms with Crippen molar-refractivity contribution < 1.29 is 80.2 Å². The second-order valence-electron chi connectivity index (χ2n) is 28.5. The van der Waals surface area contributed by atoms with Crippen molar-refractivity contribution in [2.45, 2.75) is 388 Å². The maximum atomic E-state index is 13.1. The molecule has 5 atom stereocenters. The minimum atomic E-state index is -4.96. The Morgan fingerprint density at radius 3 is 0.844 bits per heavy atom. The number of hydrogen-bond donors (Lipinski definition) is 3. The highest BCUT2D eigenvalue weighted by molar-refractivity contribution is 7.47. The summed E-state index contributed by atoms with van der Waals surface area (Å²) in [5.74, 6) is 0.112. The standard InChI is InChI=1S/C77H146O17P2/c1-8-9-10-11-12-13-14-15-17-21-24-31-38-46-53-60-77(82)94-73(65-88-75(80)59-52-45-40-33-36-43-50-57-70(6)7)67-92-96(85,86)90-63-71(78)62-89-95(83,84)91-66-72(64-87-74(79)58-51-44-37-30-27-26-29-35-42-49-56-69(4)5)93-76(81)61-54-47-39-32-25-22-19-16-18-20-23-28-34-41-48-55-68(2)3/h13-15,17,68-73,78H,8-12,16,18-67H2,1-7H3,(H,83,84)(H,85,86)/b14-13-,17-15-/t71?,72-,73-/m1/s1. The molecule has 0 aliphatic heterocycles. The zero-order valence-electron chi connectivity index (χ0n) is 62.3. The van der Waals surface area contributed by atoms with Crippen LogP contribution < -0.4 is 0 Å². The third-order valence-corrected chi connectivity index (χ3v) is 19.2. The van der Waals surface area contributed by atoms with Gasteiger partial charge in [-0.1, -0.05) is 317 Å². The molecule has 17 nitrogen and oxygen atoms in total. The van der Waals surface area contributed by atoms with Crippen LogP contribution in [-0.2, 0) is 65.4 Å². The lowest BCUT2D eigenvalue weighted by molar-refractivity contribution is -0.161. The third kappa shape index (κ3) is 70.0. The summed E-state index contributed by atoms with van der Waals surface area (Å²) in [6.45, 7) is 11.8. The first kappa shape index (κ1) is 93.5. The Hall–Kier alpha value is -2.46. The molecule has 0 aromatic rings. The van der Waals surface area contributed by atoms with Gasteiger partial charge in [-0.2, -0.15) is 0 Å². The van der Waals surface area contributed by atoms with Crippen molar-refractivity contribution in [2.24, 2.45) is 17.8 Å². The van der Waals surface area contributed by atoms with E-state index in [4.69, 9.17) is 37.0 Å². The fourth-order valence-corrected chi connectivity index (χ4v) is 12.8. The SMILES string of the molecule is CCCCCC/C=C\C=C/CCCCCCCC(=O)O[C@H](COC(=O)CCCCCCCCCC(C)C)COP(=O)(O)OCC(O)COP(=O)(O)OC[C@@H](COC(=O)CCCCCCCCCCCCC(C)C)OC(=O)CCCCCCCCCCCCCCCCCC(C)C. The van der Waals surface area contributed by atoms with Crippen molar-refractivity contribution in [2.75, 3.05) is 39.6 Å². The number of carbonyl (C=O) groups is 4. The fourth-order valence-electron chi connectivity index (χ4n) is 11.2. The van der Waals surface area contributed by atoms with Gasteiger partial charge < -0.3 is 33.8 Å². The van der Waals surface area contributed by atoms with Crippen LogP contribution >= 0.6 is 15.6 Å². The zero-order chi connectivity index (χ0) is 70.9. The van der Waals surface area contributed by atoms with E-state index in [1.54, 1.807) is 0 Å². The molecule has 566 valence electrons. The number of allylic oxidation sites excluding steroid dienone is 4. The van der Waals surface area contributed by atoms with Crippen molar-refractivity contribution in [3.63, 3.8) is 0 Å². The molecule has 0 saturated heterocycles.